The van der Waals surface area contributed by atoms with E-state index in [0.29, 0.717) is 19.4 Å². The highest BCUT2D eigenvalue weighted by Gasteiger charge is 2.29. The molecular weight excluding hydrogens is 464 g/mol. The molecule has 1 aromatic heterocycles. The van der Waals surface area contributed by atoms with Crippen LogP contribution in [0.2, 0.25) is 5.02 Å². The second-order valence-electron chi connectivity index (χ2n) is 8.59. The van der Waals surface area contributed by atoms with E-state index in [1.807, 2.05) is 0 Å². The number of hydrogen-bond donors (Lipinski definition) is 3. The first-order chi connectivity index (χ1) is 16.2. The molecule has 1 saturated carbocycles. The van der Waals surface area contributed by atoms with Crippen LogP contribution in [0, 0.1) is 0 Å². The van der Waals surface area contributed by atoms with Crippen molar-refractivity contribution in [2.24, 2.45) is 0 Å². The van der Waals surface area contributed by atoms with E-state index in [4.69, 9.17) is 16.3 Å². The summed E-state index contributed by atoms with van der Waals surface area (Å²) in [7, 11) is 0. The van der Waals surface area contributed by atoms with Crippen molar-refractivity contribution < 1.29 is 19.7 Å². The number of ether oxygens (including phenoxy) is 1. The molecule has 0 saturated heterocycles. The van der Waals surface area contributed by atoms with Crippen LogP contribution in [0.15, 0.2) is 34.0 Å². The number of benzene rings is 1. The first kappa shape index (κ1) is 26.1. The van der Waals surface area contributed by atoms with Crippen molar-refractivity contribution in [2.45, 2.75) is 63.7 Å². The number of halogens is 1. The smallest absolute Gasteiger partial charge is 0.352 e. The number of aromatic nitrogens is 3. The van der Waals surface area contributed by atoms with Crippen molar-refractivity contribution in [3.05, 3.63) is 55.8 Å². The number of amides is 1. The molecule has 2 aromatic rings. The molecule has 1 amide bonds. The molecule has 1 unspecified atom stereocenters. The molecule has 1 atom stereocenters. The predicted molar refractivity (Wildman–Crippen MR) is 127 cm³/mol. The molecule has 0 spiro atoms. The van der Waals surface area contributed by atoms with E-state index in [0.717, 1.165) is 41.1 Å². The molecule has 1 aliphatic rings. The second-order valence-corrected chi connectivity index (χ2v) is 8.99. The Hall–Kier alpha value is -2.53. The second kappa shape index (κ2) is 11.7. The third-order valence-corrected chi connectivity index (χ3v) is 6.25. The van der Waals surface area contributed by atoms with Crippen molar-refractivity contribution in [1.82, 2.24) is 19.7 Å². The number of aliphatic hydroxyl groups excluding tert-OH is 1. The largest absolute Gasteiger partial charge is 0.389 e. The van der Waals surface area contributed by atoms with Crippen LogP contribution in [0.5, 0.6) is 0 Å². The van der Waals surface area contributed by atoms with Crippen LogP contribution >= 0.6 is 11.6 Å². The van der Waals surface area contributed by atoms with Gasteiger partial charge in [-0.3, -0.25) is 14.2 Å². The molecule has 1 heterocycles. The zero-order valence-corrected chi connectivity index (χ0v) is 20.0. The van der Waals surface area contributed by atoms with Crippen LogP contribution in [-0.2, 0) is 11.3 Å². The fourth-order valence-corrected chi connectivity index (χ4v) is 4.22. The Bertz CT molecular complexity index is 1110. The minimum atomic E-state index is -1.05. The fraction of sp³-hybridized carbons (Fsp3) is 0.565. The van der Waals surface area contributed by atoms with Gasteiger partial charge in [-0.2, -0.15) is 9.78 Å². The van der Waals surface area contributed by atoms with Crippen LogP contribution in [0.25, 0.3) is 5.69 Å². The summed E-state index contributed by atoms with van der Waals surface area (Å²) in [6.45, 7) is 1.97. The number of nitrogens with zero attached hydrogens (tertiary/aromatic N) is 3. The summed E-state index contributed by atoms with van der Waals surface area (Å²) in [6.07, 6.45) is 5.10. The Kier molecular flexibility index (Phi) is 9.01. The monoisotopic (exact) mass is 494 g/mol. The Morgan fingerprint density at radius 3 is 2.65 bits per heavy atom. The lowest BCUT2D eigenvalue weighted by molar-refractivity contribution is 0.0246. The first-order valence-electron chi connectivity index (χ1n) is 11.5. The Balaban J connectivity index is 1.82. The summed E-state index contributed by atoms with van der Waals surface area (Å²) < 4.78 is 6.94. The van der Waals surface area contributed by atoms with Crippen LogP contribution in [-0.4, -0.2) is 61.9 Å². The van der Waals surface area contributed by atoms with Gasteiger partial charge in [0.2, 0.25) is 0 Å². The van der Waals surface area contributed by atoms with Crippen LogP contribution in [0.4, 0.5) is 0 Å². The molecule has 1 aromatic carbocycles. The molecule has 1 fully saturated rings. The minimum absolute atomic E-state index is 0.0255. The maximum absolute atomic E-state index is 12.9. The number of carbonyl (C=O) groups excluding carboxylic acids is 1. The van der Waals surface area contributed by atoms with E-state index < -0.39 is 28.9 Å². The van der Waals surface area contributed by atoms with Crippen molar-refractivity contribution in [2.75, 3.05) is 19.8 Å². The van der Waals surface area contributed by atoms with E-state index in [1.54, 1.807) is 6.92 Å². The van der Waals surface area contributed by atoms with Gasteiger partial charge in [0.25, 0.3) is 11.5 Å². The van der Waals surface area contributed by atoms with Gasteiger partial charge in [0, 0.05) is 13.2 Å². The molecule has 0 radical (unpaired) electrons. The summed E-state index contributed by atoms with van der Waals surface area (Å²) in [6, 6.07) is 4.35. The summed E-state index contributed by atoms with van der Waals surface area (Å²) in [5.74, 6) is -0.488. The SMILES string of the molecule is CCOCC(O)Cn1c(=O)cnn(-c2ccc(Cl)c(C(=O)NCC3(O)CCCCCC3)c2)c1=O. The first-order valence-corrected chi connectivity index (χ1v) is 11.9. The molecule has 1 aliphatic carbocycles. The Morgan fingerprint density at radius 2 is 1.97 bits per heavy atom. The molecule has 11 heteroatoms. The van der Waals surface area contributed by atoms with Crippen LogP contribution < -0.4 is 16.6 Å². The molecule has 3 rings (SSSR count). The molecule has 0 aliphatic heterocycles. The lowest BCUT2D eigenvalue weighted by atomic mass is 9.94. The average Bonchev–Trinajstić information content (AvgIpc) is 3.04. The zero-order chi connectivity index (χ0) is 24.7. The molecule has 3 N–H and O–H groups in total. The normalized spacial score (nSPS) is 16.6. The third-order valence-electron chi connectivity index (χ3n) is 5.92. The molecule has 10 nitrogen and oxygen atoms in total. The lowest BCUT2D eigenvalue weighted by Crippen LogP contribution is -2.43. The number of hydrogen-bond acceptors (Lipinski definition) is 7. The van der Waals surface area contributed by atoms with Crippen LogP contribution in [0.1, 0.15) is 55.8 Å². The molecule has 34 heavy (non-hydrogen) atoms. The fourth-order valence-electron chi connectivity index (χ4n) is 4.02. The molecule has 186 valence electrons. The third kappa shape index (κ3) is 6.53. The molecular formula is C23H31ClN4O6. The van der Waals surface area contributed by atoms with Crippen molar-refractivity contribution in [1.29, 1.82) is 0 Å². The van der Waals surface area contributed by atoms with Crippen molar-refractivity contribution in [3.63, 3.8) is 0 Å². The quantitative estimate of drug-likeness (QED) is 0.446. The highest BCUT2D eigenvalue weighted by molar-refractivity contribution is 6.33. The predicted octanol–water partition coefficient (Wildman–Crippen LogP) is 1.26. The van der Waals surface area contributed by atoms with Crippen molar-refractivity contribution >= 4 is 17.5 Å². The topological polar surface area (TPSA) is 136 Å². The Labute approximate surface area is 202 Å². The van der Waals surface area contributed by atoms with Crippen LogP contribution in [0.3, 0.4) is 0 Å². The van der Waals surface area contributed by atoms with E-state index >= 15 is 0 Å². The Morgan fingerprint density at radius 1 is 1.26 bits per heavy atom. The standard InChI is InChI=1S/C23H31ClN4O6/c1-2-34-14-17(29)13-27-20(30)12-26-28(22(27)32)16-7-8-19(24)18(11-16)21(31)25-15-23(33)9-5-3-4-6-10-23/h7-8,11-12,17,29,33H,2-6,9-10,13-15H2,1H3,(H,25,31). The van der Waals surface area contributed by atoms with E-state index in [2.05, 4.69) is 10.4 Å². The summed E-state index contributed by atoms with van der Waals surface area (Å²) in [5, 5.41) is 27.7. The average molecular weight is 495 g/mol. The number of aliphatic hydroxyl groups is 2. The number of carbonyl (C=O) groups is 1. The summed E-state index contributed by atoms with van der Waals surface area (Å²) >= 11 is 6.24. The highest BCUT2D eigenvalue weighted by atomic mass is 35.5. The van der Waals surface area contributed by atoms with Gasteiger partial charge in [-0.1, -0.05) is 37.3 Å². The maximum atomic E-state index is 12.9. The number of nitrogens with one attached hydrogen (secondary N) is 1. The van der Waals surface area contributed by atoms with Gasteiger partial charge in [-0.15, -0.1) is 0 Å². The molecule has 0 bridgehead atoms. The van der Waals surface area contributed by atoms with Gasteiger partial charge in [0.05, 0.1) is 41.1 Å². The minimum Gasteiger partial charge on any atom is -0.389 e. The lowest BCUT2D eigenvalue weighted by Gasteiger charge is -2.26. The van der Waals surface area contributed by atoms with Gasteiger partial charge in [0.1, 0.15) is 6.20 Å². The van der Waals surface area contributed by atoms with Gasteiger partial charge in [-0.05, 0) is 38.0 Å². The van der Waals surface area contributed by atoms with Gasteiger partial charge in [0.15, 0.2) is 0 Å². The zero-order valence-electron chi connectivity index (χ0n) is 19.2. The van der Waals surface area contributed by atoms with Crippen molar-refractivity contribution in [3.8, 4) is 5.69 Å². The van der Waals surface area contributed by atoms with Gasteiger partial charge in [-0.25, -0.2) is 4.79 Å². The van der Waals surface area contributed by atoms with E-state index in [9.17, 15) is 24.6 Å². The van der Waals surface area contributed by atoms with E-state index in [-0.39, 0.29) is 36.0 Å². The summed E-state index contributed by atoms with van der Waals surface area (Å²) in [4.78, 5) is 38.0. The van der Waals surface area contributed by atoms with Gasteiger partial charge >= 0.3 is 5.69 Å². The van der Waals surface area contributed by atoms with E-state index in [1.165, 1.54) is 18.2 Å². The highest BCUT2D eigenvalue weighted by Crippen LogP contribution is 2.27. The maximum Gasteiger partial charge on any atom is 0.352 e. The summed E-state index contributed by atoms with van der Waals surface area (Å²) in [5.41, 5.74) is -2.06. The number of rotatable bonds is 9. The van der Waals surface area contributed by atoms with Gasteiger partial charge < -0.3 is 20.3 Å².